The Hall–Kier alpha value is -1.19. The molecule has 1 aliphatic carbocycles. The average Bonchev–Trinajstić information content (AvgIpc) is 2.78. The number of carbonyl (C=O) groups excluding carboxylic acids is 1. The molecular formula is C12H19N3O. The van der Waals surface area contributed by atoms with Crippen LogP contribution in [0, 0.1) is 11.8 Å². The number of carbonyl (C=O) groups is 1. The lowest BCUT2D eigenvalue weighted by atomic mass is 10.0. The fourth-order valence-electron chi connectivity index (χ4n) is 2.27. The van der Waals surface area contributed by atoms with Crippen molar-refractivity contribution < 1.29 is 4.79 Å². The van der Waals surface area contributed by atoms with Crippen molar-refractivity contribution in [2.75, 3.05) is 0 Å². The minimum absolute atomic E-state index is 0.190. The number of Topliss-reactive ketones (excluding diaryl/α,β-unsaturated/α-hetero) is 1. The molecule has 1 aliphatic rings. The molecule has 0 spiro atoms. The zero-order valence-corrected chi connectivity index (χ0v) is 10.0. The first-order valence-electron chi connectivity index (χ1n) is 6.06. The molecular weight excluding hydrogens is 202 g/mol. The van der Waals surface area contributed by atoms with Crippen LogP contribution < -0.4 is 0 Å². The Morgan fingerprint density at radius 3 is 3.00 bits per heavy atom. The van der Waals surface area contributed by atoms with Gasteiger partial charge in [0.05, 0.1) is 0 Å². The molecule has 0 radical (unpaired) electrons. The van der Waals surface area contributed by atoms with Crippen LogP contribution in [-0.2, 0) is 17.8 Å². The second-order valence-electron chi connectivity index (χ2n) is 5.01. The average molecular weight is 221 g/mol. The summed E-state index contributed by atoms with van der Waals surface area (Å²) in [6.45, 7) is 5.20. The maximum atomic E-state index is 11.6. The van der Waals surface area contributed by atoms with E-state index in [0.29, 0.717) is 11.7 Å². The van der Waals surface area contributed by atoms with Gasteiger partial charge >= 0.3 is 0 Å². The highest BCUT2D eigenvalue weighted by Crippen LogP contribution is 2.24. The van der Waals surface area contributed by atoms with E-state index in [-0.39, 0.29) is 5.92 Å². The van der Waals surface area contributed by atoms with E-state index in [4.69, 9.17) is 0 Å². The van der Waals surface area contributed by atoms with Gasteiger partial charge in [0.25, 0.3) is 0 Å². The van der Waals surface area contributed by atoms with Crippen LogP contribution in [0.1, 0.15) is 38.9 Å². The van der Waals surface area contributed by atoms with E-state index < -0.39 is 0 Å². The van der Waals surface area contributed by atoms with Crippen LogP contribution in [0.15, 0.2) is 6.33 Å². The van der Waals surface area contributed by atoms with Crippen molar-refractivity contribution in [3.8, 4) is 0 Å². The van der Waals surface area contributed by atoms with Crippen molar-refractivity contribution in [2.45, 2.75) is 46.1 Å². The molecule has 2 rings (SSSR count). The summed E-state index contributed by atoms with van der Waals surface area (Å²) in [6, 6.07) is 0. The minimum Gasteiger partial charge on any atom is -0.299 e. The predicted octanol–water partition coefficient (Wildman–Crippen LogP) is 1.85. The largest absolute Gasteiger partial charge is 0.299 e. The maximum absolute atomic E-state index is 11.6. The summed E-state index contributed by atoms with van der Waals surface area (Å²) in [4.78, 5) is 15.8. The van der Waals surface area contributed by atoms with E-state index in [1.807, 2.05) is 4.68 Å². The van der Waals surface area contributed by atoms with Crippen molar-refractivity contribution in [3.05, 3.63) is 12.2 Å². The Bertz CT molecular complexity index is 370. The highest BCUT2D eigenvalue weighted by molar-refractivity contribution is 5.82. The van der Waals surface area contributed by atoms with E-state index in [1.54, 1.807) is 6.33 Å². The van der Waals surface area contributed by atoms with Crippen molar-refractivity contribution in [2.24, 2.45) is 11.8 Å². The number of rotatable bonds is 4. The molecule has 4 heteroatoms. The second kappa shape index (κ2) is 4.76. The van der Waals surface area contributed by atoms with Gasteiger partial charge in [-0.05, 0) is 18.8 Å². The molecule has 0 bridgehead atoms. The van der Waals surface area contributed by atoms with E-state index in [2.05, 4.69) is 23.9 Å². The predicted molar refractivity (Wildman–Crippen MR) is 60.9 cm³/mol. The summed E-state index contributed by atoms with van der Waals surface area (Å²) in [5.41, 5.74) is 0. The van der Waals surface area contributed by atoms with Crippen LogP contribution in [0.25, 0.3) is 0 Å². The summed E-state index contributed by atoms with van der Waals surface area (Å²) in [5.74, 6) is 2.11. The lowest BCUT2D eigenvalue weighted by Crippen LogP contribution is -2.16. The number of ketones is 1. The maximum Gasteiger partial charge on any atom is 0.138 e. The number of aromatic nitrogens is 3. The summed E-state index contributed by atoms with van der Waals surface area (Å²) < 4.78 is 1.94. The van der Waals surface area contributed by atoms with Gasteiger partial charge < -0.3 is 0 Å². The van der Waals surface area contributed by atoms with Crippen LogP contribution in [0.2, 0.25) is 0 Å². The molecule has 1 fully saturated rings. The molecule has 16 heavy (non-hydrogen) atoms. The zero-order chi connectivity index (χ0) is 11.5. The van der Waals surface area contributed by atoms with Crippen LogP contribution in [0.3, 0.4) is 0 Å². The summed E-state index contributed by atoms with van der Waals surface area (Å²) in [6.07, 6.45) is 5.18. The third-order valence-corrected chi connectivity index (χ3v) is 3.09. The Kier molecular flexibility index (Phi) is 3.36. The standard InChI is InChI=1S/C12H19N3O/c1-9(2)7-15-12(13-8-14-15)6-10-4-3-5-11(10)16/h8-10H,3-7H2,1-2H3. The van der Waals surface area contributed by atoms with Crippen LogP contribution >= 0.6 is 0 Å². The summed E-state index contributed by atoms with van der Waals surface area (Å²) in [7, 11) is 0. The van der Waals surface area contributed by atoms with Gasteiger partial charge in [0, 0.05) is 25.3 Å². The number of nitrogens with zero attached hydrogens (tertiary/aromatic N) is 3. The molecule has 1 aromatic rings. The van der Waals surface area contributed by atoms with Gasteiger partial charge in [-0.3, -0.25) is 4.79 Å². The van der Waals surface area contributed by atoms with E-state index >= 15 is 0 Å². The normalized spacial score (nSPS) is 20.9. The molecule has 1 atom stereocenters. The zero-order valence-electron chi connectivity index (χ0n) is 10.0. The Morgan fingerprint density at radius 2 is 2.38 bits per heavy atom. The van der Waals surface area contributed by atoms with Gasteiger partial charge in [-0.15, -0.1) is 0 Å². The quantitative estimate of drug-likeness (QED) is 0.779. The van der Waals surface area contributed by atoms with E-state index in [0.717, 1.165) is 38.1 Å². The van der Waals surface area contributed by atoms with Crippen molar-refractivity contribution in [3.63, 3.8) is 0 Å². The molecule has 1 aromatic heterocycles. The minimum atomic E-state index is 0.190. The highest BCUT2D eigenvalue weighted by atomic mass is 16.1. The highest BCUT2D eigenvalue weighted by Gasteiger charge is 2.26. The van der Waals surface area contributed by atoms with Gasteiger partial charge in [0.1, 0.15) is 17.9 Å². The molecule has 0 saturated heterocycles. The Morgan fingerprint density at radius 1 is 1.56 bits per heavy atom. The first kappa shape index (κ1) is 11.3. The monoisotopic (exact) mass is 221 g/mol. The molecule has 88 valence electrons. The number of hydrogen-bond donors (Lipinski definition) is 0. The lowest BCUT2D eigenvalue weighted by molar-refractivity contribution is -0.120. The van der Waals surface area contributed by atoms with Crippen molar-refractivity contribution >= 4 is 5.78 Å². The van der Waals surface area contributed by atoms with Crippen molar-refractivity contribution in [1.82, 2.24) is 14.8 Å². The molecule has 0 amide bonds. The fourth-order valence-corrected chi connectivity index (χ4v) is 2.27. The molecule has 1 saturated carbocycles. The summed E-state index contributed by atoms with van der Waals surface area (Å²) >= 11 is 0. The van der Waals surface area contributed by atoms with E-state index in [9.17, 15) is 4.79 Å². The fraction of sp³-hybridized carbons (Fsp3) is 0.750. The molecule has 0 aliphatic heterocycles. The second-order valence-corrected chi connectivity index (χ2v) is 5.01. The lowest BCUT2D eigenvalue weighted by Gasteiger charge is -2.10. The molecule has 0 N–H and O–H groups in total. The number of hydrogen-bond acceptors (Lipinski definition) is 3. The van der Waals surface area contributed by atoms with Gasteiger partial charge in [0.2, 0.25) is 0 Å². The van der Waals surface area contributed by atoms with E-state index in [1.165, 1.54) is 0 Å². The molecule has 1 unspecified atom stereocenters. The molecule has 1 heterocycles. The van der Waals surface area contributed by atoms with Gasteiger partial charge in [0.15, 0.2) is 0 Å². The van der Waals surface area contributed by atoms with Crippen molar-refractivity contribution in [1.29, 1.82) is 0 Å². The van der Waals surface area contributed by atoms with Gasteiger partial charge in [-0.2, -0.15) is 5.10 Å². The SMILES string of the molecule is CC(C)Cn1ncnc1CC1CCCC1=O. The van der Waals surface area contributed by atoms with Crippen LogP contribution in [0.4, 0.5) is 0 Å². The topological polar surface area (TPSA) is 47.8 Å². The van der Waals surface area contributed by atoms with Crippen LogP contribution in [-0.4, -0.2) is 20.5 Å². The Balaban J connectivity index is 2.03. The van der Waals surface area contributed by atoms with Gasteiger partial charge in [-0.25, -0.2) is 9.67 Å². The smallest absolute Gasteiger partial charge is 0.138 e. The van der Waals surface area contributed by atoms with Crippen LogP contribution in [0.5, 0.6) is 0 Å². The summed E-state index contributed by atoms with van der Waals surface area (Å²) in [5, 5.41) is 4.22. The first-order valence-corrected chi connectivity index (χ1v) is 6.06. The third kappa shape index (κ3) is 2.49. The van der Waals surface area contributed by atoms with Gasteiger partial charge in [-0.1, -0.05) is 13.8 Å². The first-order chi connectivity index (χ1) is 7.66. The molecule has 0 aromatic carbocycles. The molecule has 4 nitrogen and oxygen atoms in total. The third-order valence-electron chi connectivity index (χ3n) is 3.09. The Labute approximate surface area is 96.1 Å².